The molecule has 1 aromatic carbocycles. The second-order valence-corrected chi connectivity index (χ2v) is 5.53. The maximum Gasteiger partial charge on any atom is 0.329 e. The van der Waals surface area contributed by atoms with Crippen LogP contribution < -0.4 is 5.32 Å². The molecule has 22 heavy (non-hydrogen) atoms. The van der Waals surface area contributed by atoms with Crippen molar-refractivity contribution in [2.24, 2.45) is 0 Å². The van der Waals surface area contributed by atoms with Gasteiger partial charge in [0.25, 0.3) is 5.91 Å². The SMILES string of the molecule is CCC(C)(NC(=O)c1cnn(-c2cccc(Cl)c2)c1)C(=O)O. The molecule has 0 spiro atoms. The number of nitrogens with one attached hydrogen (secondary N) is 1. The van der Waals surface area contributed by atoms with Crippen LogP contribution in [0.15, 0.2) is 36.7 Å². The van der Waals surface area contributed by atoms with Crippen molar-refractivity contribution in [2.75, 3.05) is 0 Å². The molecule has 0 aliphatic heterocycles. The Morgan fingerprint density at radius 2 is 2.18 bits per heavy atom. The summed E-state index contributed by atoms with van der Waals surface area (Å²) in [4.78, 5) is 23.4. The molecular weight excluding hydrogens is 306 g/mol. The number of carbonyl (C=O) groups is 2. The van der Waals surface area contributed by atoms with Crippen LogP contribution in [-0.4, -0.2) is 32.3 Å². The Balaban J connectivity index is 2.21. The molecule has 7 heteroatoms. The van der Waals surface area contributed by atoms with E-state index in [0.717, 1.165) is 0 Å². The maximum absolute atomic E-state index is 12.2. The molecule has 116 valence electrons. The summed E-state index contributed by atoms with van der Waals surface area (Å²) in [5.74, 6) is -1.56. The molecule has 0 bridgehead atoms. The first kappa shape index (κ1) is 16.0. The van der Waals surface area contributed by atoms with E-state index in [2.05, 4.69) is 10.4 Å². The zero-order valence-corrected chi connectivity index (χ0v) is 13.0. The van der Waals surface area contributed by atoms with E-state index in [4.69, 9.17) is 11.6 Å². The minimum absolute atomic E-state index is 0.274. The van der Waals surface area contributed by atoms with Crippen LogP contribution in [0.25, 0.3) is 5.69 Å². The van der Waals surface area contributed by atoms with Crippen LogP contribution in [-0.2, 0) is 4.79 Å². The number of aliphatic carboxylic acids is 1. The fraction of sp³-hybridized carbons (Fsp3) is 0.267. The van der Waals surface area contributed by atoms with E-state index < -0.39 is 17.4 Å². The molecule has 1 unspecified atom stereocenters. The first-order valence-electron chi connectivity index (χ1n) is 6.72. The Bertz CT molecular complexity index is 714. The Labute approximate surface area is 132 Å². The second-order valence-electron chi connectivity index (χ2n) is 5.10. The average molecular weight is 322 g/mol. The predicted molar refractivity (Wildman–Crippen MR) is 82.4 cm³/mol. The summed E-state index contributed by atoms with van der Waals surface area (Å²) < 4.78 is 1.50. The van der Waals surface area contributed by atoms with Gasteiger partial charge in [0.1, 0.15) is 5.54 Å². The lowest BCUT2D eigenvalue weighted by atomic mass is 9.99. The van der Waals surface area contributed by atoms with Gasteiger partial charge in [-0.1, -0.05) is 24.6 Å². The Morgan fingerprint density at radius 1 is 1.45 bits per heavy atom. The molecule has 0 aliphatic carbocycles. The third-order valence-corrected chi connectivity index (χ3v) is 3.72. The normalized spacial score (nSPS) is 13.4. The lowest BCUT2D eigenvalue weighted by Crippen LogP contribution is -2.51. The Hall–Kier alpha value is -2.34. The Morgan fingerprint density at radius 3 is 2.77 bits per heavy atom. The Kier molecular flexibility index (Phi) is 4.51. The molecule has 0 fully saturated rings. The third kappa shape index (κ3) is 3.28. The maximum atomic E-state index is 12.2. The summed E-state index contributed by atoms with van der Waals surface area (Å²) in [7, 11) is 0. The van der Waals surface area contributed by atoms with Crippen molar-refractivity contribution in [1.82, 2.24) is 15.1 Å². The molecule has 1 amide bonds. The average Bonchev–Trinajstić information content (AvgIpc) is 2.97. The molecule has 6 nitrogen and oxygen atoms in total. The van der Waals surface area contributed by atoms with Crippen molar-refractivity contribution in [2.45, 2.75) is 25.8 Å². The van der Waals surface area contributed by atoms with Crippen molar-refractivity contribution in [3.05, 3.63) is 47.2 Å². The monoisotopic (exact) mass is 321 g/mol. The van der Waals surface area contributed by atoms with Crippen LogP contribution in [0.1, 0.15) is 30.6 Å². The largest absolute Gasteiger partial charge is 0.480 e. The van der Waals surface area contributed by atoms with Gasteiger partial charge in [-0.05, 0) is 31.5 Å². The molecule has 0 radical (unpaired) electrons. The molecule has 0 saturated heterocycles. The summed E-state index contributed by atoms with van der Waals surface area (Å²) in [5, 5.41) is 16.4. The fourth-order valence-corrected chi connectivity index (χ4v) is 2.00. The van der Waals surface area contributed by atoms with Crippen LogP contribution >= 0.6 is 11.6 Å². The lowest BCUT2D eigenvalue weighted by Gasteiger charge is -2.24. The first-order valence-corrected chi connectivity index (χ1v) is 7.10. The zero-order chi connectivity index (χ0) is 16.3. The highest BCUT2D eigenvalue weighted by Gasteiger charge is 2.33. The van der Waals surface area contributed by atoms with E-state index in [0.29, 0.717) is 10.7 Å². The lowest BCUT2D eigenvalue weighted by molar-refractivity contribution is -0.143. The number of carbonyl (C=O) groups excluding carboxylic acids is 1. The molecule has 2 N–H and O–H groups in total. The molecule has 1 heterocycles. The highest BCUT2D eigenvalue weighted by Crippen LogP contribution is 2.15. The van der Waals surface area contributed by atoms with Gasteiger partial charge in [-0.3, -0.25) is 4.79 Å². The number of nitrogens with zero attached hydrogens (tertiary/aromatic N) is 2. The molecule has 2 rings (SSSR count). The molecular formula is C15H16ClN3O3. The molecule has 2 aromatic rings. The molecule has 1 aromatic heterocycles. The number of benzene rings is 1. The van der Waals surface area contributed by atoms with E-state index >= 15 is 0 Å². The number of hydrogen-bond acceptors (Lipinski definition) is 3. The number of hydrogen-bond donors (Lipinski definition) is 2. The van der Waals surface area contributed by atoms with Gasteiger partial charge in [-0.15, -0.1) is 0 Å². The van der Waals surface area contributed by atoms with Crippen molar-refractivity contribution >= 4 is 23.5 Å². The van der Waals surface area contributed by atoms with Gasteiger partial charge in [0.15, 0.2) is 0 Å². The number of aromatic nitrogens is 2. The van der Waals surface area contributed by atoms with E-state index in [1.165, 1.54) is 24.0 Å². The third-order valence-electron chi connectivity index (χ3n) is 3.49. The minimum Gasteiger partial charge on any atom is -0.480 e. The topological polar surface area (TPSA) is 84.2 Å². The summed E-state index contributed by atoms with van der Waals surface area (Å²) >= 11 is 5.92. The van der Waals surface area contributed by atoms with Gasteiger partial charge in [0, 0.05) is 11.2 Å². The summed E-state index contributed by atoms with van der Waals surface area (Å²) in [5.41, 5.74) is -0.321. The zero-order valence-electron chi connectivity index (χ0n) is 12.2. The number of carboxylic acid groups (broad SMARTS) is 1. The van der Waals surface area contributed by atoms with E-state index in [1.807, 2.05) is 0 Å². The van der Waals surface area contributed by atoms with E-state index in [1.54, 1.807) is 31.2 Å². The van der Waals surface area contributed by atoms with E-state index in [-0.39, 0.29) is 12.0 Å². The van der Waals surface area contributed by atoms with Crippen LogP contribution in [0.5, 0.6) is 0 Å². The van der Waals surface area contributed by atoms with Gasteiger partial charge in [0.05, 0.1) is 17.4 Å². The molecule has 1 atom stereocenters. The summed E-state index contributed by atoms with van der Waals surface area (Å²) in [6.45, 7) is 3.17. The van der Waals surface area contributed by atoms with Crippen LogP contribution in [0.2, 0.25) is 5.02 Å². The molecule has 0 saturated carbocycles. The standard InChI is InChI=1S/C15H16ClN3O3/c1-3-15(2,14(21)22)18-13(20)10-8-17-19(9-10)12-6-4-5-11(16)7-12/h4-9H,3H2,1-2H3,(H,18,20)(H,21,22). The van der Waals surface area contributed by atoms with Crippen molar-refractivity contribution in [3.8, 4) is 5.69 Å². The van der Waals surface area contributed by atoms with Gasteiger partial charge in [0.2, 0.25) is 0 Å². The smallest absolute Gasteiger partial charge is 0.329 e. The van der Waals surface area contributed by atoms with Gasteiger partial charge >= 0.3 is 5.97 Å². The summed E-state index contributed by atoms with van der Waals surface area (Å²) in [6.07, 6.45) is 3.18. The first-order chi connectivity index (χ1) is 10.4. The molecule has 0 aliphatic rings. The van der Waals surface area contributed by atoms with Gasteiger partial charge in [-0.25, -0.2) is 9.48 Å². The number of rotatable bonds is 5. The highest BCUT2D eigenvalue weighted by molar-refractivity contribution is 6.30. The highest BCUT2D eigenvalue weighted by atomic mass is 35.5. The van der Waals surface area contributed by atoms with Gasteiger partial charge < -0.3 is 10.4 Å². The van der Waals surface area contributed by atoms with Crippen molar-refractivity contribution in [3.63, 3.8) is 0 Å². The number of amides is 1. The fourth-order valence-electron chi connectivity index (χ4n) is 1.82. The number of carboxylic acids is 1. The predicted octanol–water partition coefficient (Wildman–Crippen LogP) is 2.51. The van der Waals surface area contributed by atoms with Crippen LogP contribution in [0, 0.1) is 0 Å². The van der Waals surface area contributed by atoms with E-state index in [9.17, 15) is 14.7 Å². The van der Waals surface area contributed by atoms with Crippen molar-refractivity contribution in [1.29, 1.82) is 0 Å². The quantitative estimate of drug-likeness (QED) is 0.886. The second kappa shape index (κ2) is 6.19. The summed E-state index contributed by atoms with van der Waals surface area (Å²) in [6, 6.07) is 7.02. The van der Waals surface area contributed by atoms with Crippen molar-refractivity contribution < 1.29 is 14.7 Å². The van der Waals surface area contributed by atoms with Gasteiger partial charge in [-0.2, -0.15) is 5.10 Å². The number of halogens is 1. The van der Waals surface area contributed by atoms with Crippen LogP contribution in [0.4, 0.5) is 0 Å². The minimum atomic E-state index is -1.31. The van der Waals surface area contributed by atoms with Crippen LogP contribution in [0.3, 0.4) is 0 Å².